The Labute approximate surface area is 200 Å². The topological polar surface area (TPSA) is 56.8 Å². The Bertz CT molecular complexity index is 1210. The molecule has 2 saturated heterocycles. The van der Waals surface area contributed by atoms with Gasteiger partial charge in [-0.05, 0) is 42.1 Å². The number of anilines is 1. The summed E-state index contributed by atoms with van der Waals surface area (Å²) in [6.45, 7) is 8.61. The molecule has 3 heterocycles. The van der Waals surface area contributed by atoms with Gasteiger partial charge in [0.05, 0.1) is 17.2 Å². The van der Waals surface area contributed by atoms with E-state index in [0.29, 0.717) is 13.1 Å². The van der Waals surface area contributed by atoms with Gasteiger partial charge in [-0.15, -0.1) is 0 Å². The molecule has 0 amide bonds. The van der Waals surface area contributed by atoms with E-state index in [4.69, 9.17) is 4.98 Å². The number of rotatable bonds is 5. The maximum Gasteiger partial charge on any atom is 0.152 e. The van der Waals surface area contributed by atoms with E-state index < -0.39 is 9.84 Å². The highest BCUT2D eigenvalue weighted by Crippen LogP contribution is 2.32. The lowest BCUT2D eigenvalue weighted by atomic mass is 10.1. The minimum Gasteiger partial charge on any atom is -0.354 e. The zero-order chi connectivity index (χ0) is 22.8. The highest BCUT2D eigenvalue weighted by Gasteiger charge is 2.22. The third-order valence-electron chi connectivity index (χ3n) is 6.53. The molecule has 0 unspecified atom stereocenters. The molecule has 2 aliphatic rings. The molecule has 2 aromatic carbocycles. The van der Waals surface area contributed by atoms with Gasteiger partial charge in [-0.25, -0.2) is 17.7 Å². The van der Waals surface area contributed by atoms with Crippen LogP contribution in [0.15, 0.2) is 59.5 Å². The lowest BCUT2D eigenvalue weighted by molar-refractivity contribution is 0.271. The normalized spacial score (nSPS) is 19.7. The third kappa shape index (κ3) is 5.19. The average Bonchev–Trinajstić information content (AvgIpc) is 2.85. The quantitative estimate of drug-likeness (QED) is 0.513. The second kappa shape index (κ2) is 9.62. The van der Waals surface area contributed by atoms with Gasteiger partial charge in [-0.1, -0.05) is 43.3 Å². The van der Waals surface area contributed by atoms with Gasteiger partial charge in [0, 0.05) is 55.1 Å². The first-order valence-electron chi connectivity index (χ1n) is 11.6. The summed E-state index contributed by atoms with van der Waals surface area (Å²) < 4.78 is 25.5. The molecule has 3 aromatic rings. The van der Waals surface area contributed by atoms with Gasteiger partial charge in [0.2, 0.25) is 0 Å². The summed E-state index contributed by atoms with van der Waals surface area (Å²) in [5.41, 5.74) is 2.09. The van der Waals surface area contributed by atoms with Crippen LogP contribution in [-0.2, 0) is 9.84 Å². The van der Waals surface area contributed by atoms with Crippen molar-refractivity contribution in [3.05, 3.63) is 54.6 Å². The predicted octanol–water partition coefficient (Wildman–Crippen LogP) is 3.78. The molecular weight excluding hydrogens is 452 g/mol. The number of nitrogens with zero attached hydrogens (tertiary/aromatic N) is 4. The molecule has 2 fully saturated rings. The lowest BCUT2D eigenvalue weighted by Gasteiger charge is -2.35. The first kappa shape index (κ1) is 22.7. The van der Waals surface area contributed by atoms with Gasteiger partial charge >= 0.3 is 0 Å². The van der Waals surface area contributed by atoms with Crippen molar-refractivity contribution in [2.24, 2.45) is 0 Å². The van der Waals surface area contributed by atoms with E-state index in [9.17, 15) is 8.42 Å². The van der Waals surface area contributed by atoms with Crippen LogP contribution >= 0.6 is 11.9 Å². The standard InChI is InChI=1S/C25H30N4O2S2/c1-2-27-11-13-28(14-12-27)25-23-6-4-3-5-21(23)19-24(26-25)20-7-9-22(10-8-20)32-29-15-17-33(30,31)18-16-29/h3-10,19H,2,11-18H2,1H3. The molecule has 0 spiro atoms. The van der Waals surface area contributed by atoms with Crippen molar-refractivity contribution in [2.45, 2.75) is 11.8 Å². The van der Waals surface area contributed by atoms with Gasteiger partial charge in [-0.2, -0.15) is 0 Å². The molecule has 0 aliphatic carbocycles. The van der Waals surface area contributed by atoms with Crippen molar-refractivity contribution in [1.82, 2.24) is 14.2 Å². The Hall–Kier alpha value is -2.13. The number of piperazine rings is 1. The Kier molecular flexibility index (Phi) is 6.60. The van der Waals surface area contributed by atoms with Crippen LogP contribution in [0.2, 0.25) is 0 Å². The van der Waals surface area contributed by atoms with Crippen LogP contribution in [0.4, 0.5) is 5.82 Å². The molecule has 0 N–H and O–H groups in total. The highest BCUT2D eigenvalue weighted by molar-refractivity contribution is 7.97. The summed E-state index contributed by atoms with van der Waals surface area (Å²) in [7, 11) is -2.86. The summed E-state index contributed by atoms with van der Waals surface area (Å²) in [6, 6.07) is 19.2. The largest absolute Gasteiger partial charge is 0.354 e. The average molecular weight is 483 g/mol. The van der Waals surface area contributed by atoms with Crippen molar-refractivity contribution < 1.29 is 8.42 Å². The summed E-state index contributed by atoms with van der Waals surface area (Å²) in [5.74, 6) is 1.56. The minimum atomic E-state index is -2.86. The molecule has 6 nitrogen and oxygen atoms in total. The van der Waals surface area contributed by atoms with Crippen LogP contribution in [0.1, 0.15) is 6.92 Å². The lowest BCUT2D eigenvalue weighted by Crippen LogP contribution is -2.46. The van der Waals surface area contributed by atoms with Crippen molar-refractivity contribution in [3.63, 3.8) is 0 Å². The number of benzene rings is 2. The number of fused-ring (bicyclic) bond motifs is 1. The van der Waals surface area contributed by atoms with Crippen molar-refractivity contribution in [2.75, 3.05) is 62.2 Å². The summed E-state index contributed by atoms with van der Waals surface area (Å²) >= 11 is 1.64. The number of hydrogen-bond acceptors (Lipinski definition) is 7. The van der Waals surface area contributed by atoms with E-state index in [2.05, 4.69) is 75.6 Å². The van der Waals surface area contributed by atoms with Crippen LogP contribution in [-0.4, -0.2) is 79.9 Å². The molecule has 0 atom stereocenters. The van der Waals surface area contributed by atoms with E-state index in [1.54, 1.807) is 11.9 Å². The molecule has 0 saturated carbocycles. The molecule has 5 rings (SSSR count). The van der Waals surface area contributed by atoms with E-state index in [1.165, 1.54) is 10.8 Å². The van der Waals surface area contributed by atoms with Crippen LogP contribution in [0.3, 0.4) is 0 Å². The van der Waals surface area contributed by atoms with E-state index >= 15 is 0 Å². The van der Waals surface area contributed by atoms with E-state index in [-0.39, 0.29) is 11.5 Å². The van der Waals surface area contributed by atoms with Crippen LogP contribution in [0, 0.1) is 0 Å². The van der Waals surface area contributed by atoms with E-state index in [1.807, 2.05) is 0 Å². The second-order valence-corrected chi connectivity index (χ2v) is 12.1. The maximum atomic E-state index is 11.7. The third-order valence-corrected chi connectivity index (χ3v) is 9.24. The van der Waals surface area contributed by atoms with Crippen LogP contribution in [0.5, 0.6) is 0 Å². The first-order chi connectivity index (χ1) is 16.0. The summed E-state index contributed by atoms with van der Waals surface area (Å²) in [5, 5.41) is 2.42. The second-order valence-electron chi connectivity index (χ2n) is 8.67. The zero-order valence-electron chi connectivity index (χ0n) is 19.0. The molecule has 0 bridgehead atoms. The van der Waals surface area contributed by atoms with Crippen molar-refractivity contribution in [1.29, 1.82) is 0 Å². The van der Waals surface area contributed by atoms with Gasteiger partial charge in [0.25, 0.3) is 0 Å². The Morgan fingerprint density at radius 2 is 1.61 bits per heavy atom. The fourth-order valence-corrected chi connectivity index (χ4v) is 6.82. The SMILES string of the molecule is CCN1CCN(c2nc(-c3ccc(SN4CCS(=O)(=O)CC4)cc3)cc3ccccc23)CC1. The fourth-order valence-electron chi connectivity index (χ4n) is 4.47. The first-order valence-corrected chi connectivity index (χ1v) is 14.2. The molecule has 174 valence electrons. The molecule has 2 aliphatic heterocycles. The highest BCUT2D eigenvalue weighted by atomic mass is 32.2. The Balaban J connectivity index is 1.38. The fraction of sp³-hybridized carbons (Fsp3) is 0.400. The van der Waals surface area contributed by atoms with Gasteiger partial charge in [0.15, 0.2) is 9.84 Å². The van der Waals surface area contributed by atoms with Gasteiger partial charge in [-0.3, -0.25) is 0 Å². The van der Waals surface area contributed by atoms with Gasteiger partial charge in [0.1, 0.15) is 5.82 Å². The van der Waals surface area contributed by atoms with Crippen LogP contribution in [0.25, 0.3) is 22.0 Å². The summed E-state index contributed by atoms with van der Waals surface area (Å²) in [4.78, 5) is 11.2. The molecule has 8 heteroatoms. The molecule has 1 aromatic heterocycles. The van der Waals surface area contributed by atoms with Crippen molar-refractivity contribution >= 4 is 38.4 Å². The number of likely N-dealkylation sites (N-methyl/N-ethyl adjacent to an activating group) is 1. The predicted molar refractivity (Wildman–Crippen MR) is 138 cm³/mol. The Morgan fingerprint density at radius 1 is 0.909 bits per heavy atom. The number of sulfone groups is 1. The molecular formula is C25H30N4O2S2. The monoisotopic (exact) mass is 482 g/mol. The zero-order valence-corrected chi connectivity index (χ0v) is 20.6. The number of pyridine rings is 1. The Morgan fingerprint density at radius 3 is 2.30 bits per heavy atom. The van der Waals surface area contributed by atoms with E-state index in [0.717, 1.165) is 54.7 Å². The molecule has 0 radical (unpaired) electrons. The number of hydrogen-bond donors (Lipinski definition) is 0. The van der Waals surface area contributed by atoms with Crippen LogP contribution < -0.4 is 4.90 Å². The maximum absolute atomic E-state index is 11.7. The number of aromatic nitrogens is 1. The smallest absolute Gasteiger partial charge is 0.152 e. The summed E-state index contributed by atoms with van der Waals surface area (Å²) in [6.07, 6.45) is 0. The van der Waals surface area contributed by atoms with Crippen molar-refractivity contribution in [3.8, 4) is 11.3 Å². The van der Waals surface area contributed by atoms with Gasteiger partial charge < -0.3 is 9.80 Å². The minimum absolute atomic E-state index is 0.244. The molecule has 33 heavy (non-hydrogen) atoms.